The minimum atomic E-state index is -0.387. The number of alkyl halides is 1. The van der Waals surface area contributed by atoms with Crippen molar-refractivity contribution in [3.63, 3.8) is 0 Å². The highest BCUT2D eigenvalue weighted by Gasteiger charge is 2.13. The molecule has 4 heteroatoms. The molecule has 0 amide bonds. The third-order valence-electron chi connectivity index (χ3n) is 2.97. The zero-order valence-corrected chi connectivity index (χ0v) is 13.1. The van der Waals surface area contributed by atoms with Crippen molar-refractivity contribution in [2.45, 2.75) is 12.3 Å². The van der Waals surface area contributed by atoms with Crippen molar-refractivity contribution in [1.29, 1.82) is 0 Å². The van der Waals surface area contributed by atoms with Crippen LogP contribution in [0.2, 0.25) is 5.02 Å². The van der Waals surface area contributed by atoms with Gasteiger partial charge >= 0.3 is 0 Å². The molecule has 2 aromatic carbocycles. The lowest BCUT2D eigenvalue weighted by Crippen LogP contribution is -2.05. The Labute approximate surface area is 130 Å². The Bertz CT molecular complexity index is 572. The molecule has 0 radical (unpaired) electrons. The Morgan fingerprint density at radius 2 is 1.95 bits per heavy atom. The predicted molar refractivity (Wildman–Crippen MR) is 82.7 cm³/mol. The predicted octanol–water partition coefficient (Wildman–Crippen LogP) is 5.81. The summed E-state index contributed by atoms with van der Waals surface area (Å²) in [6.07, 6.45) is 0.689. The van der Waals surface area contributed by atoms with Crippen molar-refractivity contribution in [2.24, 2.45) is 0 Å². The molecule has 0 N–H and O–H groups in total. The first kappa shape index (κ1) is 14.8. The number of rotatable bonds is 4. The van der Waals surface area contributed by atoms with Crippen LogP contribution in [0.1, 0.15) is 17.0 Å². The van der Waals surface area contributed by atoms with Gasteiger partial charge in [-0.2, -0.15) is 0 Å². The van der Waals surface area contributed by atoms with Gasteiger partial charge in [-0.25, -0.2) is 4.39 Å². The molecule has 0 aromatic heterocycles. The van der Waals surface area contributed by atoms with Gasteiger partial charge in [0.05, 0.1) is 5.02 Å². The number of hydrogen-bond donors (Lipinski definition) is 0. The van der Waals surface area contributed by atoms with Crippen LogP contribution in [0.4, 0.5) is 4.39 Å². The largest absolute Gasteiger partial charge is 0.205 e. The zero-order valence-electron chi connectivity index (χ0n) is 10.0. The van der Waals surface area contributed by atoms with Crippen molar-refractivity contribution >= 4 is 39.1 Å². The maximum absolute atomic E-state index is 13.4. The summed E-state index contributed by atoms with van der Waals surface area (Å²) in [5, 5.41) is 0.147. The number of halogens is 4. The van der Waals surface area contributed by atoms with E-state index in [0.717, 1.165) is 15.6 Å². The monoisotopic (exact) mass is 360 g/mol. The molecule has 0 aliphatic heterocycles. The first-order valence-electron chi connectivity index (χ1n) is 5.85. The molecule has 2 aromatic rings. The molecule has 0 nitrogen and oxygen atoms in total. The highest BCUT2D eigenvalue weighted by atomic mass is 79.9. The highest BCUT2D eigenvalue weighted by Crippen LogP contribution is 2.26. The Morgan fingerprint density at radius 1 is 1.16 bits per heavy atom. The van der Waals surface area contributed by atoms with Gasteiger partial charge in [-0.3, -0.25) is 0 Å². The second-order valence-corrected chi connectivity index (χ2v) is 5.99. The second kappa shape index (κ2) is 6.74. The summed E-state index contributed by atoms with van der Waals surface area (Å²) in [6.45, 7) is 0. The third kappa shape index (κ3) is 3.95. The van der Waals surface area contributed by atoms with E-state index in [9.17, 15) is 4.39 Å². The molecule has 0 aliphatic carbocycles. The van der Waals surface area contributed by atoms with Gasteiger partial charge in [0.25, 0.3) is 0 Å². The standard InChI is InChI=1S/C15H12BrCl2F/c16-13-3-1-2-11(8-13)12(9-17)6-10-4-5-14(18)15(19)7-10/h1-5,7-8,12H,6,9H2. The van der Waals surface area contributed by atoms with Crippen LogP contribution in [0.3, 0.4) is 0 Å². The lowest BCUT2D eigenvalue weighted by molar-refractivity contribution is 0.623. The number of benzene rings is 2. The topological polar surface area (TPSA) is 0 Å². The molecule has 2 rings (SSSR count). The number of hydrogen-bond acceptors (Lipinski definition) is 0. The Balaban J connectivity index is 2.21. The fourth-order valence-corrected chi connectivity index (χ4v) is 2.79. The van der Waals surface area contributed by atoms with Gasteiger partial charge in [0.2, 0.25) is 0 Å². The summed E-state index contributed by atoms with van der Waals surface area (Å²) in [5.74, 6) is 0.252. The molecule has 0 saturated heterocycles. The summed E-state index contributed by atoms with van der Waals surface area (Å²) in [7, 11) is 0. The molecule has 1 unspecified atom stereocenters. The zero-order chi connectivity index (χ0) is 13.8. The Morgan fingerprint density at radius 3 is 2.58 bits per heavy atom. The van der Waals surface area contributed by atoms with Gasteiger partial charge in [0.15, 0.2) is 0 Å². The van der Waals surface area contributed by atoms with Crippen LogP contribution in [0.15, 0.2) is 46.9 Å². The highest BCUT2D eigenvalue weighted by molar-refractivity contribution is 9.10. The minimum Gasteiger partial charge on any atom is -0.205 e. The molecule has 0 bridgehead atoms. The van der Waals surface area contributed by atoms with Crippen molar-refractivity contribution in [1.82, 2.24) is 0 Å². The quantitative estimate of drug-likeness (QED) is 0.603. The SMILES string of the molecule is Fc1cc(CC(CCl)c2cccc(Br)c2)ccc1Cl. The summed E-state index contributed by atoms with van der Waals surface area (Å²) in [4.78, 5) is 0. The van der Waals surface area contributed by atoms with Crippen molar-refractivity contribution < 1.29 is 4.39 Å². The van der Waals surface area contributed by atoms with E-state index >= 15 is 0 Å². The molecule has 0 saturated carbocycles. The summed E-state index contributed by atoms with van der Waals surface area (Å²) in [6, 6.07) is 12.9. The van der Waals surface area contributed by atoms with E-state index in [1.165, 1.54) is 6.07 Å². The average molecular weight is 362 g/mol. The third-order valence-corrected chi connectivity index (χ3v) is 4.14. The molecular weight excluding hydrogens is 350 g/mol. The van der Waals surface area contributed by atoms with E-state index in [1.807, 2.05) is 30.3 Å². The smallest absolute Gasteiger partial charge is 0.142 e. The van der Waals surface area contributed by atoms with Crippen LogP contribution < -0.4 is 0 Å². The van der Waals surface area contributed by atoms with Crippen LogP contribution in [0.5, 0.6) is 0 Å². The summed E-state index contributed by atoms with van der Waals surface area (Å²) < 4.78 is 14.4. The van der Waals surface area contributed by atoms with E-state index in [1.54, 1.807) is 6.07 Å². The van der Waals surface area contributed by atoms with Crippen molar-refractivity contribution in [2.75, 3.05) is 5.88 Å². The fourth-order valence-electron chi connectivity index (χ4n) is 1.97. The first-order valence-corrected chi connectivity index (χ1v) is 7.56. The van der Waals surface area contributed by atoms with Crippen LogP contribution >= 0.6 is 39.1 Å². The molecule has 0 heterocycles. The van der Waals surface area contributed by atoms with Gasteiger partial charge < -0.3 is 0 Å². The van der Waals surface area contributed by atoms with Gasteiger partial charge in [0, 0.05) is 16.3 Å². The minimum absolute atomic E-state index is 0.147. The Kier molecular flexibility index (Phi) is 5.26. The van der Waals surface area contributed by atoms with E-state index in [2.05, 4.69) is 15.9 Å². The summed E-state index contributed by atoms with van der Waals surface area (Å²) >= 11 is 15.2. The van der Waals surface area contributed by atoms with E-state index in [-0.39, 0.29) is 16.8 Å². The van der Waals surface area contributed by atoms with Crippen molar-refractivity contribution in [3.8, 4) is 0 Å². The molecule has 100 valence electrons. The van der Waals surface area contributed by atoms with Crippen LogP contribution in [0, 0.1) is 5.82 Å². The molecular formula is C15H12BrCl2F. The van der Waals surface area contributed by atoms with Crippen LogP contribution in [-0.4, -0.2) is 5.88 Å². The molecule has 0 aliphatic rings. The van der Waals surface area contributed by atoms with Gasteiger partial charge in [-0.05, 0) is 41.8 Å². The fraction of sp³-hybridized carbons (Fsp3) is 0.200. The van der Waals surface area contributed by atoms with E-state index in [4.69, 9.17) is 23.2 Å². The lowest BCUT2D eigenvalue weighted by atomic mass is 9.93. The maximum atomic E-state index is 13.4. The van der Waals surface area contributed by atoms with E-state index in [0.29, 0.717) is 12.3 Å². The van der Waals surface area contributed by atoms with Crippen molar-refractivity contribution in [3.05, 3.63) is 68.9 Å². The lowest BCUT2D eigenvalue weighted by Gasteiger charge is -2.15. The second-order valence-electron chi connectivity index (χ2n) is 4.36. The maximum Gasteiger partial charge on any atom is 0.142 e. The molecule has 19 heavy (non-hydrogen) atoms. The Hall–Kier alpha value is -0.570. The average Bonchev–Trinajstić information content (AvgIpc) is 2.40. The first-order chi connectivity index (χ1) is 9.10. The summed E-state index contributed by atoms with van der Waals surface area (Å²) in [5.41, 5.74) is 2.03. The van der Waals surface area contributed by atoms with Gasteiger partial charge in [-0.15, -0.1) is 11.6 Å². The molecule has 0 spiro atoms. The normalized spacial score (nSPS) is 12.4. The molecule has 1 atom stereocenters. The van der Waals surface area contributed by atoms with Gasteiger partial charge in [-0.1, -0.05) is 45.7 Å². The molecule has 0 fully saturated rings. The van der Waals surface area contributed by atoms with E-state index < -0.39 is 0 Å². The van der Waals surface area contributed by atoms with Crippen LogP contribution in [-0.2, 0) is 6.42 Å². The van der Waals surface area contributed by atoms with Crippen LogP contribution in [0.25, 0.3) is 0 Å². The van der Waals surface area contributed by atoms with Gasteiger partial charge in [0.1, 0.15) is 5.82 Å².